The van der Waals surface area contributed by atoms with Crippen LogP contribution in [0.4, 0.5) is 13.2 Å². The third kappa shape index (κ3) is 3.96. The van der Waals surface area contributed by atoms with Crippen LogP contribution in [0.5, 0.6) is 0 Å². The molecule has 156 valence electrons. The zero-order valence-corrected chi connectivity index (χ0v) is 14.5. The number of halogens is 3. The molecule has 0 saturated carbocycles. The average Bonchev–Trinajstić information content (AvgIpc) is 3.17. The van der Waals surface area contributed by atoms with E-state index in [2.05, 4.69) is 21.8 Å². The number of carbonyl (C=O) groups excluding carboxylic acids is 1. The third-order valence-electron chi connectivity index (χ3n) is 4.22. The molecule has 10 nitrogen and oxygen atoms in total. The van der Waals surface area contributed by atoms with Gasteiger partial charge in [-0.1, -0.05) is 11.8 Å². The van der Waals surface area contributed by atoms with Crippen molar-refractivity contribution in [2.45, 2.75) is 30.7 Å². The number of aliphatic hydroxyl groups excluding tert-OH is 3. The van der Waals surface area contributed by atoms with Crippen LogP contribution in [-0.4, -0.2) is 73.4 Å². The molecule has 3 heterocycles. The molecule has 0 radical (unpaired) electrons. The molecule has 13 heteroatoms. The number of ether oxygens (including phenoxy) is 1. The molecule has 0 bridgehead atoms. The van der Waals surface area contributed by atoms with Gasteiger partial charge in [0, 0.05) is 6.20 Å². The van der Waals surface area contributed by atoms with Crippen molar-refractivity contribution in [1.29, 1.82) is 0 Å². The summed E-state index contributed by atoms with van der Waals surface area (Å²) in [5.74, 6) is 2.62. The normalized spacial score (nSPS) is 24.3. The molecule has 4 atom stereocenters. The maximum absolute atomic E-state index is 12.2. The monoisotopic (exact) mass is 416 g/mol. The Kier molecular flexibility index (Phi) is 5.62. The fourth-order valence-electron chi connectivity index (χ4n) is 2.86. The van der Waals surface area contributed by atoms with Gasteiger partial charge in [0.25, 0.3) is 5.56 Å². The van der Waals surface area contributed by atoms with Crippen LogP contribution in [0.25, 0.3) is 11.0 Å². The van der Waals surface area contributed by atoms with Crippen LogP contribution < -0.4 is 10.9 Å². The van der Waals surface area contributed by atoms with Crippen LogP contribution in [-0.2, 0) is 9.53 Å². The summed E-state index contributed by atoms with van der Waals surface area (Å²) in [6, 6.07) is 0. The molecule has 1 saturated heterocycles. The van der Waals surface area contributed by atoms with Gasteiger partial charge in [0.15, 0.2) is 11.9 Å². The largest absolute Gasteiger partial charge is 0.471 e. The first kappa shape index (κ1) is 20.8. The molecule has 0 aromatic carbocycles. The van der Waals surface area contributed by atoms with E-state index in [4.69, 9.17) is 4.74 Å². The van der Waals surface area contributed by atoms with Crippen molar-refractivity contribution in [2.24, 2.45) is 0 Å². The molecule has 0 unspecified atom stereocenters. The van der Waals surface area contributed by atoms with Crippen LogP contribution in [0, 0.1) is 11.8 Å². The summed E-state index contributed by atoms with van der Waals surface area (Å²) in [4.78, 5) is 29.3. The van der Waals surface area contributed by atoms with E-state index >= 15 is 0 Å². The summed E-state index contributed by atoms with van der Waals surface area (Å²) in [5, 5.41) is 30.9. The van der Waals surface area contributed by atoms with Crippen LogP contribution in [0.15, 0.2) is 17.3 Å². The fourth-order valence-corrected chi connectivity index (χ4v) is 2.86. The van der Waals surface area contributed by atoms with Gasteiger partial charge >= 0.3 is 12.1 Å². The Morgan fingerprint density at radius 2 is 2.10 bits per heavy atom. The average molecular weight is 416 g/mol. The van der Waals surface area contributed by atoms with Crippen molar-refractivity contribution in [3.63, 3.8) is 0 Å². The first-order valence-electron chi connectivity index (χ1n) is 8.19. The predicted octanol–water partition coefficient (Wildman–Crippen LogP) is -1.63. The minimum Gasteiger partial charge on any atom is -0.394 e. The minimum absolute atomic E-state index is 0.0279. The summed E-state index contributed by atoms with van der Waals surface area (Å²) in [5.41, 5.74) is -0.523. The summed E-state index contributed by atoms with van der Waals surface area (Å²) >= 11 is 0. The molecule has 0 spiro atoms. The van der Waals surface area contributed by atoms with E-state index in [1.54, 1.807) is 5.32 Å². The molecule has 0 aliphatic carbocycles. The van der Waals surface area contributed by atoms with E-state index in [-0.39, 0.29) is 16.6 Å². The number of aromatic nitrogens is 3. The summed E-state index contributed by atoms with van der Waals surface area (Å²) in [6.45, 7) is -1.19. The Hall–Kier alpha value is -2.92. The van der Waals surface area contributed by atoms with E-state index in [0.29, 0.717) is 0 Å². The van der Waals surface area contributed by atoms with Crippen LogP contribution >= 0.6 is 0 Å². The van der Waals surface area contributed by atoms with E-state index < -0.39 is 55.3 Å². The van der Waals surface area contributed by atoms with Gasteiger partial charge in [0.1, 0.15) is 18.3 Å². The van der Waals surface area contributed by atoms with Gasteiger partial charge in [0.05, 0.1) is 30.4 Å². The number of aliphatic hydroxyl groups is 3. The highest BCUT2D eigenvalue weighted by Gasteiger charge is 2.44. The molecule has 2 aromatic rings. The molecule has 5 N–H and O–H groups in total. The maximum atomic E-state index is 12.2. The number of rotatable bonds is 3. The lowest BCUT2D eigenvalue weighted by Crippen LogP contribution is -2.36. The van der Waals surface area contributed by atoms with Crippen molar-refractivity contribution < 1.29 is 38.0 Å². The molecule has 1 aliphatic heterocycles. The van der Waals surface area contributed by atoms with E-state index in [9.17, 15) is 38.1 Å². The Labute approximate surface area is 159 Å². The van der Waals surface area contributed by atoms with E-state index in [0.717, 1.165) is 6.33 Å². The molecule has 3 rings (SSSR count). The van der Waals surface area contributed by atoms with Crippen molar-refractivity contribution >= 4 is 16.9 Å². The number of fused-ring (bicyclic) bond motifs is 1. The molecule has 1 aliphatic rings. The van der Waals surface area contributed by atoms with Crippen molar-refractivity contribution in [1.82, 2.24) is 19.9 Å². The molecular weight excluding hydrogens is 401 g/mol. The number of alkyl halides is 3. The second-order valence-electron chi connectivity index (χ2n) is 6.09. The van der Waals surface area contributed by atoms with Crippen LogP contribution in [0.3, 0.4) is 0 Å². The van der Waals surface area contributed by atoms with E-state index in [1.807, 2.05) is 0 Å². The van der Waals surface area contributed by atoms with Gasteiger partial charge in [0.2, 0.25) is 0 Å². The lowest BCUT2D eigenvalue weighted by molar-refractivity contribution is -0.173. The summed E-state index contributed by atoms with van der Waals surface area (Å²) in [6.07, 6.45) is -7.79. The van der Waals surface area contributed by atoms with Crippen molar-refractivity contribution in [3.8, 4) is 11.8 Å². The van der Waals surface area contributed by atoms with E-state index in [1.165, 1.54) is 10.8 Å². The first-order valence-corrected chi connectivity index (χ1v) is 8.19. The topological polar surface area (TPSA) is 150 Å². The SMILES string of the molecule is O=C(NCC#Cc1cn([C@@H]2O[C@H](CO)[C@@H](O)[C@H]2O)c2nc[nH]c(=O)c12)C(F)(F)F. The highest BCUT2D eigenvalue weighted by molar-refractivity contribution is 5.83. The predicted molar refractivity (Wildman–Crippen MR) is 89.3 cm³/mol. The number of aromatic amines is 1. The molecule has 1 amide bonds. The van der Waals surface area contributed by atoms with Gasteiger partial charge < -0.3 is 34.9 Å². The third-order valence-corrected chi connectivity index (χ3v) is 4.22. The highest BCUT2D eigenvalue weighted by atomic mass is 19.4. The second-order valence-corrected chi connectivity index (χ2v) is 6.09. The van der Waals surface area contributed by atoms with Gasteiger partial charge in [-0.2, -0.15) is 13.2 Å². The van der Waals surface area contributed by atoms with Gasteiger partial charge in [-0.25, -0.2) is 4.98 Å². The summed E-state index contributed by atoms with van der Waals surface area (Å²) in [7, 11) is 0. The molecular formula is C16H15F3N4O6. The smallest absolute Gasteiger partial charge is 0.394 e. The zero-order valence-electron chi connectivity index (χ0n) is 14.5. The van der Waals surface area contributed by atoms with Gasteiger partial charge in [-0.05, 0) is 0 Å². The standard InChI is InChI=1S/C16H15F3N4O6/c17-16(18,19)15(28)20-3-1-2-7-4-23(12-9(7)13(27)22-6-21-12)14-11(26)10(25)8(5-24)29-14/h4,6,8,10-11,14,24-26H,3,5H2,(H,20,28)(H,21,22,27)/t8-,10-,11-,14-/m1/s1. The number of amides is 1. The highest BCUT2D eigenvalue weighted by Crippen LogP contribution is 2.32. The number of hydrogen-bond acceptors (Lipinski definition) is 7. The maximum Gasteiger partial charge on any atom is 0.471 e. The second kappa shape index (κ2) is 7.84. The Bertz CT molecular complexity index is 1040. The number of nitrogens with zero attached hydrogens (tertiary/aromatic N) is 2. The Morgan fingerprint density at radius 3 is 2.72 bits per heavy atom. The first-order chi connectivity index (χ1) is 13.6. The van der Waals surface area contributed by atoms with Crippen molar-refractivity contribution in [2.75, 3.05) is 13.2 Å². The van der Waals surface area contributed by atoms with Crippen molar-refractivity contribution in [3.05, 3.63) is 28.4 Å². The Balaban J connectivity index is 1.94. The number of nitrogens with one attached hydrogen (secondary N) is 2. The fraction of sp³-hybridized carbons (Fsp3) is 0.438. The van der Waals surface area contributed by atoms with Crippen LogP contribution in [0.1, 0.15) is 11.8 Å². The van der Waals surface area contributed by atoms with Gasteiger partial charge in [-0.15, -0.1) is 0 Å². The lowest BCUT2D eigenvalue weighted by atomic mass is 10.1. The number of hydrogen-bond donors (Lipinski definition) is 5. The number of carbonyl (C=O) groups is 1. The van der Waals surface area contributed by atoms with Gasteiger partial charge in [-0.3, -0.25) is 9.59 Å². The zero-order chi connectivity index (χ0) is 21.3. The molecule has 29 heavy (non-hydrogen) atoms. The van der Waals surface area contributed by atoms with Crippen LogP contribution in [0.2, 0.25) is 0 Å². The number of H-pyrrole nitrogens is 1. The summed E-state index contributed by atoms with van der Waals surface area (Å²) < 4.78 is 43.2. The molecule has 2 aromatic heterocycles. The lowest BCUT2D eigenvalue weighted by Gasteiger charge is -2.17. The molecule has 1 fully saturated rings. The minimum atomic E-state index is -5.04. The Morgan fingerprint density at radius 1 is 1.38 bits per heavy atom. The quantitative estimate of drug-likeness (QED) is 0.377.